The first-order valence-electron chi connectivity index (χ1n) is 4.96. The van der Waals surface area contributed by atoms with Crippen LogP contribution in [0.25, 0.3) is 0 Å². The Balaban J connectivity index is 2.18. The second-order valence-electron chi connectivity index (χ2n) is 3.83. The van der Waals surface area contributed by atoms with E-state index in [4.69, 9.17) is 4.74 Å². The number of aromatic nitrogens is 2. The lowest BCUT2D eigenvalue weighted by molar-refractivity contribution is -0.0477. The van der Waals surface area contributed by atoms with Crippen molar-refractivity contribution in [1.82, 2.24) is 9.55 Å². The van der Waals surface area contributed by atoms with E-state index in [9.17, 15) is 5.11 Å². The van der Waals surface area contributed by atoms with Gasteiger partial charge in [0.05, 0.1) is 18.0 Å². The van der Waals surface area contributed by atoms with E-state index < -0.39 is 0 Å². The highest BCUT2D eigenvalue weighted by Gasteiger charge is 2.24. The molecule has 0 aliphatic carbocycles. The molecule has 1 aromatic heterocycles. The van der Waals surface area contributed by atoms with Gasteiger partial charge in [-0.2, -0.15) is 0 Å². The van der Waals surface area contributed by atoms with Crippen molar-refractivity contribution < 1.29 is 9.84 Å². The number of nitrogens with zero attached hydrogens (tertiary/aromatic N) is 2. The summed E-state index contributed by atoms with van der Waals surface area (Å²) in [5.74, 6) is 0.976. The minimum atomic E-state index is -0.232. The fourth-order valence-corrected chi connectivity index (χ4v) is 1.80. The Kier molecular flexibility index (Phi) is 2.56. The third kappa shape index (κ3) is 1.67. The minimum absolute atomic E-state index is 0.00458. The van der Waals surface area contributed by atoms with Crippen molar-refractivity contribution in [1.29, 1.82) is 0 Å². The van der Waals surface area contributed by atoms with Gasteiger partial charge in [0.25, 0.3) is 0 Å². The Morgan fingerprint density at radius 2 is 2.43 bits per heavy atom. The Bertz CT molecular complexity index is 322. The number of ether oxygens (including phenoxy) is 1. The smallest absolute Gasteiger partial charge is 0.105 e. The van der Waals surface area contributed by atoms with E-state index in [1.54, 1.807) is 0 Å². The van der Waals surface area contributed by atoms with E-state index in [0.717, 1.165) is 17.9 Å². The number of aliphatic hydroxyl groups excluding tert-OH is 1. The van der Waals surface area contributed by atoms with Crippen LogP contribution in [0.5, 0.6) is 0 Å². The summed E-state index contributed by atoms with van der Waals surface area (Å²) in [6, 6.07) is 0. The van der Waals surface area contributed by atoms with Crippen LogP contribution in [0.4, 0.5) is 0 Å². The quantitative estimate of drug-likeness (QED) is 0.727. The summed E-state index contributed by atoms with van der Waals surface area (Å²) in [7, 11) is 1.97. The SMILES string of the molecule is Cc1ncc(C2CC(O)CCO2)n1C. The standard InChI is InChI=1S/C10H16N2O2/c1-7-11-6-9(12(7)2)10-5-8(13)3-4-14-10/h6,8,10,13H,3-5H2,1-2H3. The molecule has 78 valence electrons. The topological polar surface area (TPSA) is 47.3 Å². The molecule has 1 aliphatic heterocycles. The van der Waals surface area contributed by atoms with Gasteiger partial charge in [0.2, 0.25) is 0 Å². The molecule has 1 aromatic rings. The van der Waals surface area contributed by atoms with Crippen LogP contribution in [0, 0.1) is 6.92 Å². The zero-order chi connectivity index (χ0) is 10.1. The molecule has 1 aliphatic rings. The summed E-state index contributed by atoms with van der Waals surface area (Å²) >= 11 is 0. The Morgan fingerprint density at radius 1 is 1.64 bits per heavy atom. The first kappa shape index (κ1) is 9.68. The third-order valence-electron chi connectivity index (χ3n) is 2.84. The van der Waals surface area contributed by atoms with Crippen molar-refractivity contribution in [3.8, 4) is 0 Å². The van der Waals surface area contributed by atoms with Crippen LogP contribution in [-0.4, -0.2) is 27.4 Å². The zero-order valence-corrected chi connectivity index (χ0v) is 8.60. The van der Waals surface area contributed by atoms with Gasteiger partial charge < -0.3 is 14.4 Å². The van der Waals surface area contributed by atoms with Crippen molar-refractivity contribution in [2.45, 2.75) is 32.0 Å². The zero-order valence-electron chi connectivity index (χ0n) is 8.60. The van der Waals surface area contributed by atoms with Crippen LogP contribution in [0.1, 0.15) is 30.5 Å². The first-order valence-corrected chi connectivity index (χ1v) is 4.96. The fourth-order valence-electron chi connectivity index (χ4n) is 1.80. The molecule has 2 unspecified atom stereocenters. The van der Waals surface area contributed by atoms with Crippen molar-refractivity contribution >= 4 is 0 Å². The minimum Gasteiger partial charge on any atom is -0.393 e. The van der Waals surface area contributed by atoms with Crippen LogP contribution in [0.2, 0.25) is 0 Å². The molecular weight excluding hydrogens is 180 g/mol. The van der Waals surface area contributed by atoms with Crippen LogP contribution in [0.15, 0.2) is 6.20 Å². The highest BCUT2D eigenvalue weighted by molar-refractivity contribution is 5.08. The molecule has 1 saturated heterocycles. The van der Waals surface area contributed by atoms with Crippen LogP contribution >= 0.6 is 0 Å². The molecule has 0 saturated carbocycles. The van der Waals surface area contributed by atoms with Crippen LogP contribution < -0.4 is 0 Å². The maximum absolute atomic E-state index is 9.53. The molecule has 2 heterocycles. The van der Waals surface area contributed by atoms with Crippen LogP contribution in [0.3, 0.4) is 0 Å². The summed E-state index contributed by atoms with van der Waals surface area (Å²) in [6.07, 6.45) is 3.03. The number of imidazole rings is 1. The molecule has 0 bridgehead atoms. The van der Waals surface area contributed by atoms with Gasteiger partial charge in [-0.1, -0.05) is 0 Å². The summed E-state index contributed by atoms with van der Waals surface area (Å²) in [5.41, 5.74) is 1.06. The average molecular weight is 196 g/mol. The van der Waals surface area contributed by atoms with Gasteiger partial charge in [0.1, 0.15) is 11.9 Å². The molecule has 1 N–H and O–H groups in total. The van der Waals surface area contributed by atoms with E-state index in [1.807, 2.05) is 24.7 Å². The summed E-state index contributed by atoms with van der Waals surface area (Å²) in [6.45, 7) is 2.60. The molecular formula is C10H16N2O2. The highest BCUT2D eigenvalue weighted by atomic mass is 16.5. The first-order chi connectivity index (χ1) is 6.68. The lowest BCUT2D eigenvalue weighted by Crippen LogP contribution is -2.24. The van der Waals surface area contributed by atoms with E-state index >= 15 is 0 Å². The Morgan fingerprint density at radius 3 is 3.00 bits per heavy atom. The maximum atomic E-state index is 9.53. The maximum Gasteiger partial charge on any atom is 0.105 e. The largest absolute Gasteiger partial charge is 0.393 e. The lowest BCUT2D eigenvalue weighted by Gasteiger charge is -2.26. The molecule has 0 aromatic carbocycles. The van der Waals surface area contributed by atoms with E-state index in [2.05, 4.69) is 4.98 Å². The van der Waals surface area contributed by atoms with Gasteiger partial charge >= 0.3 is 0 Å². The third-order valence-corrected chi connectivity index (χ3v) is 2.84. The van der Waals surface area contributed by atoms with E-state index in [0.29, 0.717) is 13.0 Å². The van der Waals surface area contributed by atoms with Gasteiger partial charge in [0.15, 0.2) is 0 Å². The lowest BCUT2D eigenvalue weighted by atomic mass is 10.0. The number of hydrogen-bond acceptors (Lipinski definition) is 3. The molecule has 0 amide bonds. The van der Waals surface area contributed by atoms with Gasteiger partial charge in [-0.25, -0.2) is 4.98 Å². The van der Waals surface area contributed by atoms with Crippen LogP contribution in [-0.2, 0) is 11.8 Å². The molecule has 2 rings (SSSR count). The Hall–Kier alpha value is -0.870. The second-order valence-corrected chi connectivity index (χ2v) is 3.83. The monoisotopic (exact) mass is 196 g/mol. The van der Waals surface area contributed by atoms with Crippen molar-refractivity contribution in [2.75, 3.05) is 6.61 Å². The van der Waals surface area contributed by atoms with E-state index in [1.165, 1.54) is 0 Å². The molecule has 4 nitrogen and oxygen atoms in total. The normalized spacial score (nSPS) is 27.9. The molecule has 0 spiro atoms. The van der Waals surface area contributed by atoms with Gasteiger partial charge in [-0.15, -0.1) is 0 Å². The highest BCUT2D eigenvalue weighted by Crippen LogP contribution is 2.27. The number of hydrogen-bond donors (Lipinski definition) is 1. The second kappa shape index (κ2) is 3.71. The summed E-state index contributed by atoms with van der Waals surface area (Å²) < 4.78 is 7.62. The number of aliphatic hydroxyl groups is 1. The molecule has 1 fully saturated rings. The average Bonchev–Trinajstić information content (AvgIpc) is 2.48. The summed E-state index contributed by atoms with van der Waals surface area (Å²) in [4.78, 5) is 4.22. The van der Waals surface area contributed by atoms with Crippen molar-refractivity contribution in [3.05, 3.63) is 17.7 Å². The fraction of sp³-hybridized carbons (Fsp3) is 0.700. The molecule has 4 heteroatoms. The predicted molar refractivity (Wildman–Crippen MR) is 51.9 cm³/mol. The molecule has 2 atom stereocenters. The van der Waals surface area contributed by atoms with Gasteiger partial charge in [0, 0.05) is 20.1 Å². The Labute approximate surface area is 83.5 Å². The van der Waals surface area contributed by atoms with Crippen molar-refractivity contribution in [3.63, 3.8) is 0 Å². The van der Waals surface area contributed by atoms with E-state index in [-0.39, 0.29) is 12.2 Å². The molecule has 14 heavy (non-hydrogen) atoms. The molecule has 0 radical (unpaired) electrons. The van der Waals surface area contributed by atoms with Gasteiger partial charge in [-0.3, -0.25) is 0 Å². The van der Waals surface area contributed by atoms with Crippen molar-refractivity contribution in [2.24, 2.45) is 7.05 Å². The van der Waals surface area contributed by atoms with Gasteiger partial charge in [-0.05, 0) is 13.3 Å². The summed E-state index contributed by atoms with van der Waals surface area (Å²) in [5, 5.41) is 9.53. The number of rotatable bonds is 1. The number of aryl methyl sites for hydroxylation is 1. The predicted octanol–water partition coefficient (Wildman–Crippen LogP) is 0.941.